The van der Waals surface area contributed by atoms with E-state index in [1.165, 1.54) is 38.6 Å². The maximum absolute atomic E-state index is 4.74. The van der Waals surface area contributed by atoms with E-state index in [0.29, 0.717) is 0 Å². The Morgan fingerprint density at radius 1 is 0.415 bits per heavy atom. The van der Waals surface area contributed by atoms with Crippen molar-refractivity contribution in [3.63, 3.8) is 0 Å². The molecule has 0 saturated carbocycles. The van der Waals surface area contributed by atoms with E-state index in [0.717, 1.165) is 50.2 Å². The van der Waals surface area contributed by atoms with Gasteiger partial charge >= 0.3 is 0 Å². The van der Waals surface area contributed by atoms with Crippen molar-refractivity contribution < 1.29 is 20.1 Å². The van der Waals surface area contributed by atoms with Gasteiger partial charge in [0, 0.05) is 55.8 Å². The van der Waals surface area contributed by atoms with Gasteiger partial charge in [-0.25, -0.2) is 0 Å². The largest absolute Gasteiger partial charge is 0.305 e. The standard InChI is InChI=1S/C37H26N3.C11H8N.Ir/c1-24-16-19-40-36(20-24)27-9-5-8-26(21-27)29-10-6-11-30(25(29)2)34-23-37-32(12-7-18-39-37)31-15-14-28(22-33(31)34)35-13-3-4-17-38-35;1-2-6-10(7-3-1)11-8-4-5-9-12-11;/h3-8,10-23H,1-2H3;1-6,8-9H;/q2*-1;. The van der Waals surface area contributed by atoms with Gasteiger partial charge in [-0.2, -0.15) is 0 Å². The number of rotatable bonds is 5. The first-order chi connectivity index (χ1) is 25.6. The van der Waals surface area contributed by atoms with Crippen molar-refractivity contribution >= 4 is 21.7 Å². The molecule has 0 N–H and O–H groups in total. The van der Waals surface area contributed by atoms with Crippen LogP contribution in [-0.2, 0) is 20.1 Å². The Bertz CT molecular complexity index is 2610. The van der Waals surface area contributed by atoms with Gasteiger partial charge in [-0.1, -0.05) is 66.2 Å². The van der Waals surface area contributed by atoms with Crippen molar-refractivity contribution in [1.29, 1.82) is 0 Å². The SMILES string of the molecule is Cc1ccnc(-c2[c-]ccc(-c3cccc(-c4cc5ncccc5c5ccc(-c6ccccn6)cc45)c3C)c2)c1.[Ir].[c-]1ccccc1-c1ccccn1. The summed E-state index contributed by atoms with van der Waals surface area (Å²) >= 11 is 0. The molecule has 0 atom stereocenters. The third kappa shape index (κ3) is 7.59. The van der Waals surface area contributed by atoms with Crippen molar-refractivity contribution in [3.8, 4) is 56.0 Å². The average Bonchev–Trinajstić information content (AvgIpc) is 3.22. The van der Waals surface area contributed by atoms with Crippen molar-refractivity contribution in [3.05, 3.63) is 194 Å². The molecule has 0 aliphatic heterocycles. The minimum atomic E-state index is 0. The zero-order chi connectivity index (χ0) is 35.3. The molecule has 4 nitrogen and oxygen atoms in total. The molecule has 4 aromatic heterocycles. The molecule has 0 aliphatic carbocycles. The molecule has 4 heterocycles. The summed E-state index contributed by atoms with van der Waals surface area (Å²) in [5, 5.41) is 3.53. The van der Waals surface area contributed by atoms with Crippen LogP contribution in [0.4, 0.5) is 0 Å². The first-order valence-electron chi connectivity index (χ1n) is 17.3. The van der Waals surface area contributed by atoms with Gasteiger partial charge in [0.25, 0.3) is 0 Å². The molecule has 5 heteroatoms. The summed E-state index contributed by atoms with van der Waals surface area (Å²) in [5.74, 6) is 0. The summed E-state index contributed by atoms with van der Waals surface area (Å²) in [5.41, 5.74) is 14.1. The number of hydrogen-bond donors (Lipinski definition) is 0. The van der Waals surface area contributed by atoms with Crippen LogP contribution in [0.1, 0.15) is 11.1 Å². The molecule has 0 bridgehead atoms. The number of benzene rings is 5. The summed E-state index contributed by atoms with van der Waals surface area (Å²) < 4.78 is 0. The van der Waals surface area contributed by atoms with Gasteiger partial charge in [0.2, 0.25) is 0 Å². The predicted molar refractivity (Wildman–Crippen MR) is 213 cm³/mol. The molecular formula is C48H34IrN4-2. The van der Waals surface area contributed by atoms with E-state index in [1.54, 1.807) is 6.20 Å². The molecular weight excluding hydrogens is 825 g/mol. The normalized spacial score (nSPS) is 10.7. The van der Waals surface area contributed by atoms with E-state index in [9.17, 15) is 0 Å². The average molecular weight is 859 g/mol. The number of pyridine rings is 4. The minimum Gasteiger partial charge on any atom is -0.305 e. The molecule has 0 unspecified atom stereocenters. The van der Waals surface area contributed by atoms with E-state index in [1.807, 2.05) is 91.4 Å². The van der Waals surface area contributed by atoms with Gasteiger partial charge < -0.3 is 9.97 Å². The quantitative estimate of drug-likeness (QED) is 0.128. The van der Waals surface area contributed by atoms with Crippen LogP contribution < -0.4 is 0 Å². The monoisotopic (exact) mass is 859 g/mol. The Kier molecular flexibility index (Phi) is 10.7. The molecule has 5 aromatic carbocycles. The van der Waals surface area contributed by atoms with Crippen molar-refractivity contribution in [1.82, 2.24) is 19.9 Å². The van der Waals surface area contributed by atoms with Crippen LogP contribution in [0, 0.1) is 26.0 Å². The van der Waals surface area contributed by atoms with Gasteiger partial charge in [0.05, 0.1) is 11.2 Å². The Hall–Kier alpha value is -6.13. The van der Waals surface area contributed by atoms with Gasteiger partial charge in [-0.05, 0) is 101 Å². The van der Waals surface area contributed by atoms with Gasteiger partial charge in [0.15, 0.2) is 0 Å². The zero-order valence-electron chi connectivity index (χ0n) is 29.3. The van der Waals surface area contributed by atoms with Crippen LogP contribution in [0.5, 0.6) is 0 Å². The smallest absolute Gasteiger partial charge is 0.0714 e. The predicted octanol–water partition coefficient (Wildman–Crippen LogP) is 11.8. The molecule has 0 aliphatic rings. The molecule has 0 fully saturated rings. The summed E-state index contributed by atoms with van der Waals surface area (Å²) in [6.45, 7) is 4.30. The van der Waals surface area contributed by atoms with E-state index in [-0.39, 0.29) is 20.1 Å². The maximum Gasteiger partial charge on any atom is 0.0714 e. The number of fused-ring (bicyclic) bond motifs is 3. The number of aromatic nitrogens is 4. The minimum absolute atomic E-state index is 0. The summed E-state index contributed by atoms with van der Waals surface area (Å²) in [6.07, 6.45) is 7.35. The Balaban J connectivity index is 0.000000284. The molecule has 0 amide bonds. The van der Waals surface area contributed by atoms with E-state index in [4.69, 9.17) is 4.98 Å². The second kappa shape index (κ2) is 16.0. The summed E-state index contributed by atoms with van der Waals surface area (Å²) in [6, 6.07) is 56.3. The zero-order valence-corrected chi connectivity index (χ0v) is 31.7. The Labute approximate surface area is 323 Å². The number of nitrogens with zero attached hydrogens (tertiary/aromatic N) is 4. The second-order valence-electron chi connectivity index (χ2n) is 12.6. The fourth-order valence-electron chi connectivity index (χ4n) is 6.67. The summed E-state index contributed by atoms with van der Waals surface area (Å²) in [4.78, 5) is 18.2. The van der Waals surface area contributed by atoms with Crippen molar-refractivity contribution in [2.75, 3.05) is 0 Å². The second-order valence-corrected chi connectivity index (χ2v) is 12.6. The topological polar surface area (TPSA) is 51.6 Å². The molecule has 0 spiro atoms. The van der Waals surface area contributed by atoms with Crippen LogP contribution in [0.15, 0.2) is 170 Å². The fraction of sp³-hybridized carbons (Fsp3) is 0.0417. The molecule has 9 aromatic rings. The van der Waals surface area contributed by atoms with Gasteiger partial charge in [-0.3, -0.25) is 9.97 Å². The Morgan fingerprint density at radius 3 is 1.94 bits per heavy atom. The first kappa shape index (κ1) is 35.3. The third-order valence-electron chi connectivity index (χ3n) is 9.26. The maximum atomic E-state index is 4.74. The first-order valence-corrected chi connectivity index (χ1v) is 17.3. The number of aryl methyl sites for hydroxylation is 1. The Morgan fingerprint density at radius 2 is 1.17 bits per heavy atom. The molecule has 257 valence electrons. The van der Waals surface area contributed by atoms with Crippen LogP contribution in [0.3, 0.4) is 0 Å². The fourth-order valence-corrected chi connectivity index (χ4v) is 6.67. The molecule has 9 rings (SSSR count). The van der Waals surface area contributed by atoms with Crippen LogP contribution in [-0.4, -0.2) is 19.9 Å². The van der Waals surface area contributed by atoms with Crippen molar-refractivity contribution in [2.24, 2.45) is 0 Å². The van der Waals surface area contributed by atoms with Crippen molar-refractivity contribution in [2.45, 2.75) is 13.8 Å². The molecule has 0 saturated heterocycles. The molecule has 53 heavy (non-hydrogen) atoms. The van der Waals surface area contributed by atoms with Crippen LogP contribution >= 0.6 is 0 Å². The number of hydrogen-bond acceptors (Lipinski definition) is 4. The van der Waals surface area contributed by atoms with E-state index in [2.05, 4.69) is 114 Å². The van der Waals surface area contributed by atoms with E-state index < -0.39 is 0 Å². The summed E-state index contributed by atoms with van der Waals surface area (Å²) in [7, 11) is 0. The van der Waals surface area contributed by atoms with Gasteiger partial charge in [-0.15, -0.1) is 71.3 Å². The van der Waals surface area contributed by atoms with Crippen LogP contribution in [0.25, 0.3) is 77.7 Å². The van der Waals surface area contributed by atoms with E-state index >= 15 is 0 Å². The van der Waals surface area contributed by atoms with Crippen LogP contribution in [0.2, 0.25) is 0 Å². The van der Waals surface area contributed by atoms with Gasteiger partial charge in [0.1, 0.15) is 0 Å². The third-order valence-corrected chi connectivity index (χ3v) is 9.26. The molecule has 1 radical (unpaired) electrons.